The van der Waals surface area contributed by atoms with Gasteiger partial charge >= 0.3 is 0 Å². The third kappa shape index (κ3) is 3.85. The molecule has 1 amide bonds. The van der Waals surface area contributed by atoms with Crippen molar-refractivity contribution in [3.63, 3.8) is 0 Å². The highest BCUT2D eigenvalue weighted by atomic mass is 16.7. The van der Waals surface area contributed by atoms with Gasteiger partial charge in [0, 0.05) is 12.0 Å². The number of hydrogen-bond acceptors (Lipinski definition) is 6. The Labute approximate surface area is 132 Å². The third-order valence-corrected chi connectivity index (χ3v) is 3.43. The number of primary amides is 1. The monoisotopic (exact) mass is 318 g/mol. The zero-order valence-electron chi connectivity index (χ0n) is 12.5. The number of nitrogens with two attached hydrogens (primary N) is 1. The maximum Gasteiger partial charge on any atom is 0.271 e. The van der Waals surface area contributed by atoms with E-state index >= 15 is 0 Å². The van der Waals surface area contributed by atoms with Gasteiger partial charge in [0.1, 0.15) is 11.4 Å². The van der Waals surface area contributed by atoms with E-state index in [9.17, 15) is 4.79 Å². The smallest absolute Gasteiger partial charge is 0.271 e. The van der Waals surface area contributed by atoms with Crippen molar-refractivity contribution in [1.29, 1.82) is 0 Å². The van der Waals surface area contributed by atoms with Gasteiger partial charge in [0.2, 0.25) is 0 Å². The van der Waals surface area contributed by atoms with Crippen LogP contribution in [0.1, 0.15) is 23.3 Å². The van der Waals surface area contributed by atoms with Crippen LogP contribution >= 0.6 is 0 Å². The first-order valence-corrected chi connectivity index (χ1v) is 7.41. The average molecular weight is 318 g/mol. The molecule has 1 aliphatic heterocycles. The number of amides is 1. The number of hydrogen-bond donors (Lipinski definition) is 2. The number of benzene rings is 1. The van der Waals surface area contributed by atoms with Gasteiger partial charge < -0.3 is 19.9 Å². The fourth-order valence-corrected chi connectivity index (χ4v) is 2.29. The minimum Gasteiger partial charge on any atom is -0.493 e. The van der Waals surface area contributed by atoms with Gasteiger partial charge in [-0.15, -0.1) is 0 Å². The number of carbonyl (C=O) groups excluding carboxylic acids is 1. The Balaban J connectivity index is 1.56. The van der Waals surface area contributed by atoms with Crippen LogP contribution in [0, 0.1) is 0 Å². The van der Waals surface area contributed by atoms with Crippen LogP contribution in [0.15, 0.2) is 24.3 Å². The van der Waals surface area contributed by atoms with Crippen molar-refractivity contribution in [2.24, 2.45) is 5.73 Å². The molecule has 1 saturated heterocycles. The first-order chi connectivity index (χ1) is 11.2. The van der Waals surface area contributed by atoms with E-state index in [4.69, 9.17) is 19.9 Å². The van der Waals surface area contributed by atoms with Crippen LogP contribution in [0.4, 0.5) is 0 Å². The Morgan fingerprint density at radius 2 is 2.00 bits per heavy atom. The first-order valence-electron chi connectivity index (χ1n) is 7.41. The van der Waals surface area contributed by atoms with Gasteiger partial charge in [-0.25, -0.2) is 0 Å². The molecule has 0 bridgehead atoms. The molecule has 3 N–H and O–H groups in total. The highest BCUT2D eigenvalue weighted by Gasteiger charge is 2.16. The molecule has 8 heteroatoms. The lowest BCUT2D eigenvalue weighted by atomic mass is 10.1. The van der Waals surface area contributed by atoms with Crippen LogP contribution in [-0.4, -0.2) is 47.4 Å². The molecular formula is C15H18N4O4. The number of nitrogens with zero attached hydrogens (tertiary/aromatic N) is 2. The molecule has 0 spiro atoms. The molecule has 1 fully saturated rings. The highest BCUT2D eigenvalue weighted by Crippen LogP contribution is 2.22. The third-order valence-electron chi connectivity index (χ3n) is 3.43. The van der Waals surface area contributed by atoms with Gasteiger partial charge in [-0.1, -0.05) is 0 Å². The van der Waals surface area contributed by atoms with Crippen LogP contribution in [-0.2, 0) is 9.47 Å². The van der Waals surface area contributed by atoms with Gasteiger partial charge in [-0.05, 0) is 30.7 Å². The Kier molecular flexibility index (Phi) is 4.84. The summed E-state index contributed by atoms with van der Waals surface area (Å²) in [5, 5.41) is 10.1. The highest BCUT2D eigenvalue weighted by molar-refractivity contribution is 5.96. The number of ether oxygens (including phenoxy) is 3. The zero-order chi connectivity index (χ0) is 16.1. The van der Waals surface area contributed by atoms with E-state index in [2.05, 4.69) is 15.4 Å². The minimum atomic E-state index is -0.624. The maximum atomic E-state index is 11.3. The van der Waals surface area contributed by atoms with Crippen molar-refractivity contribution in [3.05, 3.63) is 30.0 Å². The molecular weight excluding hydrogens is 300 g/mol. The van der Waals surface area contributed by atoms with Gasteiger partial charge in [-0.3, -0.25) is 4.79 Å². The number of aromatic amines is 1. The van der Waals surface area contributed by atoms with Crippen molar-refractivity contribution in [3.8, 4) is 17.0 Å². The minimum absolute atomic E-state index is 0.116. The van der Waals surface area contributed by atoms with E-state index in [1.807, 2.05) is 0 Å². The topological polar surface area (TPSA) is 112 Å². The number of H-pyrrole nitrogens is 1. The largest absolute Gasteiger partial charge is 0.493 e. The van der Waals surface area contributed by atoms with Crippen LogP contribution in [0.25, 0.3) is 11.3 Å². The van der Waals surface area contributed by atoms with E-state index in [1.54, 1.807) is 24.3 Å². The molecule has 3 rings (SSSR count). The average Bonchev–Trinajstić information content (AvgIpc) is 3.06. The van der Waals surface area contributed by atoms with E-state index in [0.29, 0.717) is 24.5 Å². The second-order valence-electron chi connectivity index (χ2n) is 5.07. The summed E-state index contributed by atoms with van der Waals surface area (Å²) in [7, 11) is 0. The Hall–Kier alpha value is -2.45. The molecule has 0 atom stereocenters. The van der Waals surface area contributed by atoms with Crippen LogP contribution in [0.5, 0.6) is 5.75 Å². The Morgan fingerprint density at radius 3 is 2.70 bits per heavy atom. The summed E-state index contributed by atoms with van der Waals surface area (Å²) in [4.78, 5) is 11.3. The fraction of sp³-hybridized carbons (Fsp3) is 0.400. The maximum absolute atomic E-state index is 11.3. The van der Waals surface area contributed by atoms with E-state index in [0.717, 1.165) is 25.2 Å². The first kappa shape index (κ1) is 15.4. The molecule has 2 heterocycles. The molecule has 0 unspecified atom stereocenters. The Morgan fingerprint density at radius 1 is 1.26 bits per heavy atom. The molecule has 122 valence electrons. The summed E-state index contributed by atoms with van der Waals surface area (Å²) < 4.78 is 16.6. The van der Waals surface area contributed by atoms with Gasteiger partial charge in [0.25, 0.3) is 5.91 Å². The van der Waals surface area contributed by atoms with Gasteiger partial charge in [-0.2, -0.15) is 15.4 Å². The summed E-state index contributed by atoms with van der Waals surface area (Å²) in [5.41, 5.74) is 6.53. The molecule has 8 nitrogen and oxygen atoms in total. The van der Waals surface area contributed by atoms with E-state index < -0.39 is 5.91 Å². The predicted molar refractivity (Wildman–Crippen MR) is 80.8 cm³/mol. The second kappa shape index (κ2) is 7.21. The SMILES string of the molecule is NC(=O)c1n[nH]nc1-c1ccc(OCCC2OCCCO2)cc1. The number of nitrogens with one attached hydrogen (secondary N) is 1. The molecule has 0 aliphatic carbocycles. The van der Waals surface area contributed by atoms with Crippen molar-refractivity contribution in [2.45, 2.75) is 19.1 Å². The van der Waals surface area contributed by atoms with Crippen molar-refractivity contribution < 1.29 is 19.0 Å². The van der Waals surface area contributed by atoms with Crippen LogP contribution in [0.3, 0.4) is 0 Å². The quantitative estimate of drug-likeness (QED) is 0.825. The summed E-state index contributed by atoms with van der Waals surface area (Å²) in [6.45, 7) is 1.97. The summed E-state index contributed by atoms with van der Waals surface area (Å²) in [6, 6.07) is 7.20. The lowest BCUT2D eigenvalue weighted by Gasteiger charge is -2.23. The van der Waals surface area contributed by atoms with E-state index in [-0.39, 0.29) is 12.0 Å². The number of rotatable bonds is 6. The lowest BCUT2D eigenvalue weighted by Crippen LogP contribution is -2.26. The molecule has 1 aliphatic rings. The molecule has 0 saturated carbocycles. The second-order valence-corrected chi connectivity index (χ2v) is 5.07. The summed E-state index contributed by atoms with van der Waals surface area (Å²) in [6.07, 6.45) is 1.43. The summed E-state index contributed by atoms with van der Waals surface area (Å²) in [5.74, 6) is 0.0928. The van der Waals surface area contributed by atoms with Gasteiger partial charge in [0.05, 0.1) is 19.8 Å². The number of aromatic nitrogens is 3. The van der Waals surface area contributed by atoms with Gasteiger partial charge in [0.15, 0.2) is 12.0 Å². The molecule has 2 aromatic rings. The lowest BCUT2D eigenvalue weighted by molar-refractivity contribution is -0.183. The van der Waals surface area contributed by atoms with Crippen molar-refractivity contribution in [2.75, 3.05) is 19.8 Å². The molecule has 0 radical (unpaired) electrons. The van der Waals surface area contributed by atoms with Crippen molar-refractivity contribution >= 4 is 5.91 Å². The summed E-state index contributed by atoms with van der Waals surface area (Å²) >= 11 is 0. The molecule has 1 aromatic heterocycles. The van der Waals surface area contributed by atoms with Crippen LogP contribution in [0.2, 0.25) is 0 Å². The number of carbonyl (C=O) groups is 1. The fourth-order valence-electron chi connectivity index (χ4n) is 2.29. The van der Waals surface area contributed by atoms with E-state index in [1.165, 1.54) is 0 Å². The predicted octanol–water partition coefficient (Wildman–Crippen LogP) is 1.10. The van der Waals surface area contributed by atoms with Crippen LogP contribution < -0.4 is 10.5 Å². The Bertz CT molecular complexity index is 650. The standard InChI is InChI=1S/C15H18N4O4/c16-15(20)14-13(17-19-18-14)10-2-4-11(5-3-10)21-9-6-12-22-7-1-8-23-12/h2-5,12H,1,6-9H2,(H2,16,20)(H,17,18,19). The van der Waals surface area contributed by atoms with Crippen molar-refractivity contribution in [1.82, 2.24) is 15.4 Å². The zero-order valence-corrected chi connectivity index (χ0v) is 12.5. The molecule has 23 heavy (non-hydrogen) atoms. The molecule has 1 aromatic carbocycles. The normalized spacial score (nSPS) is 15.5.